The number of halogens is 3. The van der Waals surface area contributed by atoms with E-state index >= 15 is 0 Å². The molecule has 0 N–H and O–H groups in total. The number of benzene rings is 7. The van der Waals surface area contributed by atoms with Gasteiger partial charge < -0.3 is 18.4 Å². The van der Waals surface area contributed by atoms with Gasteiger partial charge in [0.25, 0.3) is 0 Å². The zero-order valence-corrected chi connectivity index (χ0v) is 27.5. The van der Waals surface area contributed by atoms with Crippen molar-refractivity contribution in [1.29, 1.82) is 0 Å². The van der Waals surface area contributed by atoms with Gasteiger partial charge >= 0.3 is 15.6 Å². The van der Waals surface area contributed by atoms with Crippen LogP contribution >= 0.6 is 0 Å². The van der Waals surface area contributed by atoms with Gasteiger partial charge in [-0.15, -0.1) is 0 Å². The molecule has 252 valence electrons. The average molecular weight is 701 g/mol. The van der Waals surface area contributed by atoms with E-state index in [1.54, 1.807) is 0 Å². The Balaban J connectivity index is 1.50. The van der Waals surface area contributed by atoms with Crippen LogP contribution in [0.15, 0.2) is 168 Å². The fraction of sp³-hybridized carbons (Fsp3) is 0.0244. The number of furan rings is 1. The van der Waals surface area contributed by atoms with Crippen molar-refractivity contribution in [3.05, 3.63) is 164 Å². The molecule has 1 aromatic heterocycles. The summed E-state index contributed by atoms with van der Waals surface area (Å²) in [6.07, 6.45) is 0. The lowest BCUT2D eigenvalue weighted by atomic mass is 10.0. The Morgan fingerprint density at radius 3 is 1.41 bits per heavy atom. The zero-order valence-electron chi connectivity index (χ0n) is 26.7. The predicted molar refractivity (Wildman–Crippen MR) is 196 cm³/mol. The summed E-state index contributed by atoms with van der Waals surface area (Å²) in [6, 6.07) is 50.5. The molecule has 8 rings (SSSR count). The van der Waals surface area contributed by atoms with Gasteiger partial charge in [0.2, 0.25) is 0 Å². The fourth-order valence-electron chi connectivity index (χ4n) is 6.41. The molecular weight excluding hydrogens is 674 g/mol. The number of nitrogens with zero attached hydrogens (tertiary/aromatic N) is 2. The van der Waals surface area contributed by atoms with Gasteiger partial charge in [-0.1, -0.05) is 97.1 Å². The molecule has 0 bridgehead atoms. The standard InChI is InChI=1S/C41H27F3N2O4S/c42-41(43,44)51(47,48)50-32-25-37(46(30-19-9-3-10-20-30)31-21-11-4-12-22-31)39-35-27-36(33-23-13-14-24-34(33)40(35)49-38(39)26-32)45(28-15-5-1-6-16-28)29-17-7-2-8-18-29/h1-27H. The maximum atomic E-state index is 13.6. The van der Waals surface area contributed by atoms with E-state index in [0.717, 1.165) is 27.8 Å². The summed E-state index contributed by atoms with van der Waals surface area (Å²) in [7, 11) is -6.00. The molecule has 0 amide bonds. The first-order chi connectivity index (χ1) is 24.7. The zero-order chi connectivity index (χ0) is 35.2. The molecule has 0 aliphatic rings. The molecule has 7 aromatic carbocycles. The van der Waals surface area contributed by atoms with E-state index in [1.165, 1.54) is 12.1 Å². The Morgan fingerprint density at radius 1 is 0.510 bits per heavy atom. The number of fused-ring (bicyclic) bond motifs is 5. The van der Waals surface area contributed by atoms with Crippen LogP contribution in [-0.4, -0.2) is 13.9 Å². The second-order valence-electron chi connectivity index (χ2n) is 11.7. The van der Waals surface area contributed by atoms with Gasteiger partial charge in [-0.25, -0.2) is 0 Å². The third-order valence-corrected chi connectivity index (χ3v) is 9.52. The molecule has 8 aromatic rings. The second-order valence-corrected chi connectivity index (χ2v) is 13.3. The van der Waals surface area contributed by atoms with Crippen LogP contribution < -0.4 is 14.0 Å². The molecule has 0 spiro atoms. The topological polar surface area (TPSA) is 63.0 Å². The van der Waals surface area contributed by atoms with Crippen LogP contribution in [0.25, 0.3) is 32.7 Å². The van der Waals surface area contributed by atoms with Gasteiger partial charge in [0.05, 0.1) is 16.8 Å². The Morgan fingerprint density at radius 2 is 0.941 bits per heavy atom. The van der Waals surface area contributed by atoms with Crippen molar-refractivity contribution in [1.82, 2.24) is 0 Å². The molecule has 1 heterocycles. The van der Waals surface area contributed by atoms with Crippen molar-refractivity contribution < 1.29 is 30.2 Å². The van der Waals surface area contributed by atoms with E-state index < -0.39 is 21.4 Å². The number of anilines is 6. The van der Waals surface area contributed by atoms with Crippen LogP contribution in [0.5, 0.6) is 5.75 Å². The Hall–Kier alpha value is -6.26. The van der Waals surface area contributed by atoms with Gasteiger partial charge in [-0.05, 0) is 54.6 Å². The van der Waals surface area contributed by atoms with Gasteiger partial charge in [0.1, 0.15) is 16.9 Å². The van der Waals surface area contributed by atoms with Crippen LogP contribution in [0.1, 0.15) is 0 Å². The lowest BCUT2D eigenvalue weighted by molar-refractivity contribution is -0.0500. The number of hydrogen-bond acceptors (Lipinski definition) is 6. The first-order valence-electron chi connectivity index (χ1n) is 15.9. The smallest absolute Gasteiger partial charge is 0.455 e. The van der Waals surface area contributed by atoms with E-state index in [-0.39, 0.29) is 5.58 Å². The van der Waals surface area contributed by atoms with Crippen LogP contribution in [0.2, 0.25) is 0 Å². The third kappa shape index (κ3) is 5.79. The van der Waals surface area contributed by atoms with Crippen LogP contribution in [0.3, 0.4) is 0 Å². The van der Waals surface area contributed by atoms with Crippen molar-refractivity contribution in [2.45, 2.75) is 5.51 Å². The summed E-state index contributed by atoms with van der Waals surface area (Å²) in [4.78, 5) is 3.98. The first kappa shape index (κ1) is 32.0. The minimum absolute atomic E-state index is 0.139. The minimum atomic E-state index is -6.00. The highest BCUT2D eigenvalue weighted by Crippen LogP contribution is 2.49. The summed E-state index contributed by atoms with van der Waals surface area (Å²) in [5, 5.41) is 2.81. The van der Waals surface area contributed by atoms with Gasteiger partial charge in [-0.2, -0.15) is 21.6 Å². The molecule has 10 heteroatoms. The van der Waals surface area contributed by atoms with Gasteiger partial charge in [-0.3, -0.25) is 0 Å². The van der Waals surface area contributed by atoms with Crippen molar-refractivity contribution in [2.24, 2.45) is 0 Å². The molecule has 0 aliphatic heterocycles. The Kier molecular flexibility index (Phi) is 7.88. The highest BCUT2D eigenvalue weighted by atomic mass is 32.2. The summed E-state index contributed by atoms with van der Waals surface area (Å²) >= 11 is 0. The highest BCUT2D eigenvalue weighted by molar-refractivity contribution is 7.88. The highest BCUT2D eigenvalue weighted by Gasteiger charge is 2.48. The Labute approximate surface area is 291 Å². The molecule has 0 saturated carbocycles. The lowest BCUT2D eigenvalue weighted by Crippen LogP contribution is -2.28. The second kappa shape index (κ2) is 12.6. The maximum Gasteiger partial charge on any atom is 0.534 e. The molecule has 6 nitrogen and oxygen atoms in total. The quantitative estimate of drug-likeness (QED) is 0.116. The molecule has 0 unspecified atom stereocenters. The van der Waals surface area contributed by atoms with E-state index in [0.29, 0.717) is 33.4 Å². The lowest BCUT2D eigenvalue weighted by Gasteiger charge is -2.28. The van der Waals surface area contributed by atoms with Crippen molar-refractivity contribution in [2.75, 3.05) is 9.80 Å². The molecule has 0 aliphatic carbocycles. The molecule has 0 saturated heterocycles. The van der Waals surface area contributed by atoms with Crippen LogP contribution in [0.4, 0.5) is 47.3 Å². The number of para-hydroxylation sites is 4. The largest absolute Gasteiger partial charge is 0.534 e. The Bertz CT molecular complexity index is 2540. The normalized spacial score (nSPS) is 12.0. The van der Waals surface area contributed by atoms with Crippen molar-refractivity contribution in [3.8, 4) is 5.75 Å². The fourth-order valence-corrected chi connectivity index (χ4v) is 6.85. The number of hydrogen-bond donors (Lipinski definition) is 0. The van der Waals surface area contributed by atoms with E-state index in [1.807, 2.05) is 157 Å². The summed E-state index contributed by atoms with van der Waals surface area (Å²) in [6.45, 7) is 0. The summed E-state index contributed by atoms with van der Waals surface area (Å²) in [5.74, 6) is -0.550. The first-order valence-corrected chi connectivity index (χ1v) is 17.3. The molecule has 0 fully saturated rings. The van der Waals surface area contributed by atoms with Crippen LogP contribution in [0, 0.1) is 0 Å². The van der Waals surface area contributed by atoms with E-state index in [4.69, 9.17) is 8.60 Å². The average Bonchev–Trinajstić information content (AvgIpc) is 3.52. The van der Waals surface area contributed by atoms with Gasteiger partial charge in [0.15, 0.2) is 0 Å². The monoisotopic (exact) mass is 700 g/mol. The minimum Gasteiger partial charge on any atom is -0.455 e. The molecular formula is C41H27F3N2O4S. The molecule has 51 heavy (non-hydrogen) atoms. The molecule has 0 radical (unpaired) electrons. The number of alkyl halides is 3. The SMILES string of the molecule is O=S(=O)(Oc1cc(N(c2ccccc2)c2ccccc2)c2c(c1)oc1c3ccccc3c(N(c3ccccc3)c3ccccc3)cc12)C(F)(F)F. The predicted octanol–water partition coefficient (Wildman–Crippen LogP) is 11.9. The summed E-state index contributed by atoms with van der Waals surface area (Å²) in [5.41, 5.74) is -0.688. The summed E-state index contributed by atoms with van der Waals surface area (Å²) < 4.78 is 76.7. The van der Waals surface area contributed by atoms with Crippen molar-refractivity contribution >= 4 is 77.0 Å². The van der Waals surface area contributed by atoms with E-state index in [9.17, 15) is 21.6 Å². The number of rotatable bonds is 8. The van der Waals surface area contributed by atoms with Crippen LogP contribution in [-0.2, 0) is 10.1 Å². The van der Waals surface area contributed by atoms with Crippen molar-refractivity contribution in [3.63, 3.8) is 0 Å². The molecule has 0 atom stereocenters. The van der Waals surface area contributed by atoms with Gasteiger partial charge in [0, 0.05) is 51.0 Å². The van der Waals surface area contributed by atoms with E-state index in [2.05, 4.69) is 4.90 Å². The maximum absolute atomic E-state index is 13.6. The third-order valence-electron chi connectivity index (χ3n) is 8.54.